The van der Waals surface area contributed by atoms with Crippen LogP contribution in [0.2, 0.25) is 5.22 Å². The molecule has 0 spiro atoms. The fraction of sp³-hybridized carbons (Fsp3) is 0.556. The maximum atomic E-state index is 9.62. The maximum absolute atomic E-state index is 9.62. The highest BCUT2D eigenvalue weighted by molar-refractivity contribution is 6.29. The smallest absolute Gasteiger partial charge is 0.198 e. The van der Waals surface area contributed by atoms with E-state index in [0.717, 1.165) is 0 Å². The van der Waals surface area contributed by atoms with Crippen molar-refractivity contribution in [2.24, 2.45) is 5.92 Å². The monoisotopic (exact) mass is 188 g/mol. The minimum Gasteiger partial charge on any atom is -0.453 e. The predicted octanol–water partition coefficient (Wildman–Crippen LogP) is 3.01. The summed E-state index contributed by atoms with van der Waals surface area (Å²) in [5.74, 6) is 0.450. The van der Waals surface area contributed by atoms with E-state index in [2.05, 4.69) is 13.8 Å². The number of furan rings is 1. The molecule has 12 heavy (non-hydrogen) atoms. The van der Waals surface area contributed by atoms with Crippen molar-refractivity contribution in [3.63, 3.8) is 0 Å². The van der Waals surface area contributed by atoms with Gasteiger partial charge in [0, 0.05) is 5.56 Å². The molecule has 68 valence electrons. The SMILES string of the molecule is CC(C)CC(O)c1ccoc1Cl. The van der Waals surface area contributed by atoms with E-state index in [9.17, 15) is 5.11 Å². The lowest BCUT2D eigenvalue weighted by Crippen LogP contribution is -2.00. The van der Waals surface area contributed by atoms with Gasteiger partial charge in [0.05, 0.1) is 12.4 Å². The van der Waals surface area contributed by atoms with Crippen LogP contribution in [-0.4, -0.2) is 5.11 Å². The molecule has 1 aromatic rings. The maximum Gasteiger partial charge on any atom is 0.198 e. The molecule has 0 radical (unpaired) electrons. The van der Waals surface area contributed by atoms with E-state index in [1.807, 2.05) is 0 Å². The second-order valence-electron chi connectivity index (χ2n) is 3.29. The Morgan fingerprint density at radius 1 is 1.58 bits per heavy atom. The van der Waals surface area contributed by atoms with Crippen LogP contribution in [0.15, 0.2) is 16.7 Å². The van der Waals surface area contributed by atoms with Crippen LogP contribution < -0.4 is 0 Å². The lowest BCUT2D eigenvalue weighted by Gasteiger charge is -2.10. The summed E-state index contributed by atoms with van der Waals surface area (Å²) in [4.78, 5) is 0. The van der Waals surface area contributed by atoms with Crippen LogP contribution in [0.4, 0.5) is 0 Å². The van der Waals surface area contributed by atoms with Crippen LogP contribution in [0.3, 0.4) is 0 Å². The van der Waals surface area contributed by atoms with E-state index in [-0.39, 0.29) is 0 Å². The fourth-order valence-electron chi connectivity index (χ4n) is 1.12. The Hall–Kier alpha value is -0.470. The van der Waals surface area contributed by atoms with Crippen molar-refractivity contribution in [1.29, 1.82) is 0 Å². The van der Waals surface area contributed by atoms with Crippen molar-refractivity contribution in [2.75, 3.05) is 0 Å². The van der Waals surface area contributed by atoms with Crippen LogP contribution in [0.5, 0.6) is 0 Å². The fourth-order valence-corrected chi connectivity index (χ4v) is 1.36. The molecule has 0 bridgehead atoms. The van der Waals surface area contributed by atoms with Gasteiger partial charge in [-0.3, -0.25) is 0 Å². The molecule has 1 N–H and O–H groups in total. The molecule has 1 aromatic heterocycles. The summed E-state index contributed by atoms with van der Waals surface area (Å²) < 4.78 is 4.87. The van der Waals surface area contributed by atoms with Crippen LogP contribution in [-0.2, 0) is 0 Å². The number of hydrogen-bond acceptors (Lipinski definition) is 2. The summed E-state index contributed by atoms with van der Waals surface area (Å²) in [6, 6.07) is 1.70. The van der Waals surface area contributed by atoms with Crippen molar-refractivity contribution in [3.8, 4) is 0 Å². The molecular formula is C9H13ClO2. The van der Waals surface area contributed by atoms with Gasteiger partial charge in [-0.25, -0.2) is 0 Å². The topological polar surface area (TPSA) is 33.4 Å². The molecule has 1 atom stereocenters. The molecule has 0 fully saturated rings. The molecule has 1 unspecified atom stereocenters. The molecule has 0 aliphatic heterocycles. The normalized spacial score (nSPS) is 13.8. The van der Waals surface area contributed by atoms with Crippen molar-refractivity contribution in [3.05, 3.63) is 23.1 Å². The molecule has 3 heteroatoms. The number of hydrogen-bond donors (Lipinski definition) is 1. The number of halogens is 1. The third kappa shape index (κ3) is 2.26. The van der Waals surface area contributed by atoms with E-state index in [4.69, 9.17) is 16.0 Å². The predicted molar refractivity (Wildman–Crippen MR) is 48.1 cm³/mol. The van der Waals surface area contributed by atoms with Crippen LogP contribution in [0, 0.1) is 5.92 Å². The molecule has 1 heterocycles. The van der Waals surface area contributed by atoms with E-state index < -0.39 is 6.10 Å². The van der Waals surface area contributed by atoms with Gasteiger partial charge in [-0.05, 0) is 30.0 Å². The van der Waals surface area contributed by atoms with E-state index in [0.29, 0.717) is 23.1 Å². The van der Waals surface area contributed by atoms with Crippen LogP contribution in [0.25, 0.3) is 0 Å². The summed E-state index contributed by atoms with van der Waals surface area (Å²) in [5, 5.41) is 9.91. The van der Waals surface area contributed by atoms with Crippen molar-refractivity contribution in [2.45, 2.75) is 26.4 Å². The van der Waals surface area contributed by atoms with Gasteiger partial charge >= 0.3 is 0 Å². The molecule has 0 saturated carbocycles. The quantitative estimate of drug-likeness (QED) is 0.791. The average molecular weight is 189 g/mol. The summed E-state index contributed by atoms with van der Waals surface area (Å²) in [6.45, 7) is 4.11. The number of aliphatic hydroxyl groups excluding tert-OH is 1. The number of aliphatic hydroxyl groups is 1. The Morgan fingerprint density at radius 3 is 2.67 bits per heavy atom. The lowest BCUT2D eigenvalue weighted by molar-refractivity contribution is 0.150. The minimum atomic E-state index is -0.503. The van der Waals surface area contributed by atoms with E-state index >= 15 is 0 Å². The molecule has 0 aliphatic carbocycles. The zero-order valence-electron chi connectivity index (χ0n) is 7.25. The molecule has 0 aromatic carbocycles. The summed E-state index contributed by atoms with van der Waals surface area (Å²) in [7, 11) is 0. The molecule has 1 rings (SSSR count). The van der Waals surface area contributed by atoms with Gasteiger partial charge in [-0.15, -0.1) is 0 Å². The lowest BCUT2D eigenvalue weighted by atomic mass is 10.0. The molecule has 0 aliphatic rings. The Labute approximate surface area is 77.1 Å². The van der Waals surface area contributed by atoms with Gasteiger partial charge < -0.3 is 9.52 Å². The largest absolute Gasteiger partial charge is 0.453 e. The van der Waals surface area contributed by atoms with Gasteiger partial charge in [0.1, 0.15) is 0 Å². The van der Waals surface area contributed by atoms with Gasteiger partial charge in [0.15, 0.2) is 5.22 Å². The van der Waals surface area contributed by atoms with Crippen LogP contribution in [0.1, 0.15) is 31.9 Å². The first-order valence-corrected chi connectivity index (χ1v) is 4.40. The highest BCUT2D eigenvalue weighted by Gasteiger charge is 2.14. The Bertz CT molecular complexity index is 242. The first-order valence-electron chi connectivity index (χ1n) is 4.02. The van der Waals surface area contributed by atoms with E-state index in [1.54, 1.807) is 6.07 Å². The Kier molecular flexibility index (Phi) is 3.18. The first-order chi connectivity index (χ1) is 5.61. The summed E-state index contributed by atoms with van der Waals surface area (Å²) in [5.41, 5.74) is 0.686. The van der Waals surface area contributed by atoms with Gasteiger partial charge in [-0.2, -0.15) is 0 Å². The highest BCUT2D eigenvalue weighted by Crippen LogP contribution is 2.28. The first kappa shape index (κ1) is 9.62. The minimum absolute atomic E-state index is 0.295. The highest BCUT2D eigenvalue weighted by atomic mass is 35.5. The Balaban J connectivity index is 2.65. The average Bonchev–Trinajstić information content (AvgIpc) is 2.33. The van der Waals surface area contributed by atoms with Gasteiger partial charge in [-0.1, -0.05) is 13.8 Å². The molecule has 2 nitrogen and oxygen atoms in total. The van der Waals surface area contributed by atoms with E-state index in [1.165, 1.54) is 6.26 Å². The second kappa shape index (κ2) is 3.97. The summed E-state index contributed by atoms with van der Waals surface area (Å²) >= 11 is 5.69. The van der Waals surface area contributed by atoms with Gasteiger partial charge in [0.25, 0.3) is 0 Å². The molecule has 0 saturated heterocycles. The summed E-state index contributed by atoms with van der Waals surface area (Å²) in [6.07, 6.45) is 1.69. The van der Waals surface area contributed by atoms with Crippen molar-refractivity contribution in [1.82, 2.24) is 0 Å². The number of rotatable bonds is 3. The zero-order valence-corrected chi connectivity index (χ0v) is 8.01. The van der Waals surface area contributed by atoms with Crippen molar-refractivity contribution >= 4 is 11.6 Å². The Morgan fingerprint density at radius 2 is 2.25 bits per heavy atom. The second-order valence-corrected chi connectivity index (χ2v) is 3.64. The standard InChI is InChI=1S/C9H13ClO2/c1-6(2)5-8(11)7-3-4-12-9(7)10/h3-4,6,8,11H,5H2,1-2H3. The third-order valence-electron chi connectivity index (χ3n) is 1.70. The van der Waals surface area contributed by atoms with Crippen LogP contribution >= 0.6 is 11.6 Å². The third-order valence-corrected chi connectivity index (χ3v) is 2.01. The zero-order chi connectivity index (χ0) is 9.14. The van der Waals surface area contributed by atoms with Gasteiger partial charge in [0.2, 0.25) is 0 Å². The molecule has 0 amide bonds. The van der Waals surface area contributed by atoms with Crippen molar-refractivity contribution < 1.29 is 9.52 Å². The molecular weight excluding hydrogens is 176 g/mol.